The first-order chi connectivity index (χ1) is 7.88. The van der Waals surface area contributed by atoms with Gasteiger partial charge in [-0.15, -0.1) is 0 Å². The van der Waals surface area contributed by atoms with Gasteiger partial charge in [0.2, 0.25) is 0 Å². The lowest BCUT2D eigenvalue weighted by molar-refractivity contribution is 1.15. The number of aromatic amines is 1. The number of hydrogen-bond acceptors (Lipinski definition) is 2. The van der Waals surface area contributed by atoms with Crippen molar-refractivity contribution < 1.29 is 0 Å². The fourth-order valence-corrected chi connectivity index (χ4v) is 1.50. The maximum atomic E-state index is 8.55. The second kappa shape index (κ2) is 5.04. The SMILES string of the molecule is N#CCc1ccc(NCc2cc[nH]c2)cc1. The average molecular weight is 211 g/mol. The number of nitrogens with one attached hydrogen (secondary N) is 2. The molecule has 0 aliphatic carbocycles. The van der Waals surface area contributed by atoms with Crippen LogP contribution in [0, 0.1) is 11.3 Å². The standard InChI is InChI=1S/C13H13N3/c14-7-5-11-1-3-13(4-2-11)16-10-12-6-8-15-9-12/h1-4,6,8-9,15-16H,5,10H2. The lowest BCUT2D eigenvalue weighted by atomic mass is 10.1. The summed E-state index contributed by atoms with van der Waals surface area (Å²) in [6.45, 7) is 0.807. The van der Waals surface area contributed by atoms with Crippen LogP contribution >= 0.6 is 0 Å². The minimum absolute atomic E-state index is 0.470. The number of nitrogens with zero attached hydrogens (tertiary/aromatic N) is 1. The molecule has 3 heteroatoms. The smallest absolute Gasteiger partial charge is 0.0669 e. The van der Waals surface area contributed by atoms with Crippen molar-refractivity contribution in [1.82, 2.24) is 4.98 Å². The summed E-state index contributed by atoms with van der Waals surface area (Å²) in [5.41, 5.74) is 3.35. The van der Waals surface area contributed by atoms with Crippen LogP contribution in [0.2, 0.25) is 0 Å². The Morgan fingerprint density at radius 1 is 1.12 bits per heavy atom. The number of H-pyrrole nitrogens is 1. The Bertz CT molecular complexity index is 463. The molecule has 0 radical (unpaired) electrons. The Hall–Kier alpha value is -2.21. The fourth-order valence-electron chi connectivity index (χ4n) is 1.50. The number of aromatic nitrogens is 1. The number of nitriles is 1. The van der Waals surface area contributed by atoms with Crippen molar-refractivity contribution in [2.45, 2.75) is 13.0 Å². The van der Waals surface area contributed by atoms with E-state index in [-0.39, 0.29) is 0 Å². The fraction of sp³-hybridized carbons (Fsp3) is 0.154. The van der Waals surface area contributed by atoms with Gasteiger partial charge in [-0.05, 0) is 29.3 Å². The van der Waals surface area contributed by atoms with E-state index in [4.69, 9.17) is 5.26 Å². The van der Waals surface area contributed by atoms with Crippen molar-refractivity contribution in [3.05, 3.63) is 53.9 Å². The summed E-state index contributed by atoms with van der Waals surface area (Å²) in [6, 6.07) is 12.1. The van der Waals surface area contributed by atoms with Crippen LogP contribution in [0.25, 0.3) is 0 Å². The molecule has 0 aliphatic heterocycles. The summed E-state index contributed by atoms with van der Waals surface area (Å²) < 4.78 is 0. The van der Waals surface area contributed by atoms with Gasteiger partial charge in [0.25, 0.3) is 0 Å². The summed E-state index contributed by atoms with van der Waals surface area (Å²) >= 11 is 0. The zero-order valence-electron chi connectivity index (χ0n) is 8.90. The van der Waals surface area contributed by atoms with Gasteiger partial charge < -0.3 is 10.3 Å². The van der Waals surface area contributed by atoms with Crippen LogP contribution < -0.4 is 5.32 Å². The van der Waals surface area contributed by atoms with Crippen molar-refractivity contribution in [3.8, 4) is 6.07 Å². The third-order valence-electron chi connectivity index (χ3n) is 2.40. The molecular weight excluding hydrogens is 198 g/mol. The Morgan fingerprint density at radius 2 is 1.94 bits per heavy atom. The molecule has 16 heavy (non-hydrogen) atoms. The molecule has 1 aromatic carbocycles. The van der Waals surface area contributed by atoms with Crippen LogP contribution in [-0.2, 0) is 13.0 Å². The summed E-state index contributed by atoms with van der Waals surface area (Å²) in [4.78, 5) is 3.02. The van der Waals surface area contributed by atoms with E-state index in [1.807, 2.05) is 42.7 Å². The average Bonchev–Trinajstić information content (AvgIpc) is 2.82. The third-order valence-corrected chi connectivity index (χ3v) is 2.40. The molecule has 2 rings (SSSR count). The van der Waals surface area contributed by atoms with Gasteiger partial charge in [0.1, 0.15) is 0 Å². The van der Waals surface area contributed by atoms with Crippen LogP contribution in [-0.4, -0.2) is 4.98 Å². The first-order valence-electron chi connectivity index (χ1n) is 5.20. The Kier molecular flexibility index (Phi) is 3.25. The van der Waals surface area contributed by atoms with E-state index in [1.54, 1.807) is 0 Å². The summed E-state index contributed by atoms with van der Waals surface area (Å²) in [6.07, 6.45) is 4.35. The van der Waals surface area contributed by atoms with E-state index in [0.29, 0.717) is 6.42 Å². The lowest BCUT2D eigenvalue weighted by Gasteiger charge is -2.05. The van der Waals surface area contributed by atoms with Gasteiger partial charge in [-0.1, -0.05) is 12.1 Å². The molecule has 0 saturated heterocycles. The maximum absolute atomic E-state index is 8.55. The molecule has 0 bridgehead atoms. The molecule has 80 valence electrons. The highest BCUT2D eigenvalue weighted by atomic mass is 14.9. The summed E-state index contributed by atoms with van der Waals surface area (Å²) in [5, 5.41) is 11.9. The normalized spacial score (nSPS) is 9.69. The van der Waals surface area contributed by atoms with Crippen LogP contribution in [0.1, 0.15) is 11.1 Å². The van der Waals surface area contributed by atoms with Gasteiger partial charge in [-0.2, -0.15) is 5.26 Å². The molecule has 1 aromatic heterocycles. The van der Waals surface area contributed by atoms with Crippen molar-refractivity contribution >= 4 is 5.69 Å². The van der Waals surface area contributed by atoms with Crippen molar-refractivity contribution in [3.63, 3.8) is 0 Å². The summed E-state index contributed by atoms with van der Waals surface area (Å²) in [5.74, 6) is 0. The molecule has 1 heterocycles. The van der Waals surface area contributed by atoms with Crippen LogP contribution in [0.4, 0.5) is 5.69 Å². The highest BCUT2D eigenvalue weighted by Crippen LogP contribution is 2.11. The first-order valence-corrected chi connectivity index (χ1v) is 5.20. The molecule has 3 nitrogen and oxygen atoms in total. The Balaban J connectivity index is 1.93. The number of anilines is 1. The molecule has 0 saturated carbocycles. The molecular formula is C13H13N3. The van der Waals surface area contributed by atoms with E-state index in [2.05, 4.69) is 16.4 Å². The zero-order chi connectivity index (χ0) is 11.2. The van der Waals surface area contributed by atoms with E-state index in [9.17, 15) is 0 Å². The van der Waals surface area contributed by atoms with Crippen LogP contribution in [0.3, 0.4) is 0 Å². The number of hydrogen-bond donors (Lipinski definition) is 2. The van der Waals surface area contributed by atoms with E-state index >= 15 is 0 Å². The quantitative estimate of drug-likeness (QED) is 0.816. The predicted octanol–water partition coefficient (Wildman–Crippen LogP) is 2.69. The van der Waals surface area contributed by atoms with Gasteiger partial charge in [0.15, 0.2) is 0 Å². The van der Waals surface area contributed by atoms with Crippen molar-refractivity contribution in [2.24, 2.45) is 0 Å². The molecule has 0 aliphatic rings. The highest BCUT2D eigenvalue weighted by molar-refractivity contribution is 5.45. The minimum Gasteiger partial charge on any atom is -0.381 e. The minimum atomic E-state index is 0.470. The van der Waals surface area contributed by atoms with E-state index in [0.717, 1.165) is 17.8 Å². The van der Waals surface area contributed by atoms with Crippen molar-refractivity contribution in [2.75, 3.05) is 5.32 Å². The molecule has 2 aromatic rings. The molecule has 0 amide bonds. The lowest BCUT2D eigenvalue weighted by Crippen LogP contribution is -1.97. The monoisotopic (exact) mass is 211 g/mol. The molecule has 0 fully saturated rings. The first kappa shape index (κ1) is 10.3. The molecule has 2 N–H and O–H groups in total. The Morgan fingerprint density at radius 3 is 2.56 bits per heavy atom. The molecule has 0 unspecified atom stereocenters. The van der Waals surface area contributed by atoms with Gasteiger partial charge in [0.05, 0.1) is 12.5 Å². The maximum Gasteiger partial charge on any atom is 0.0669 e. The van der Waals surface area contributed by atoms with E-state index in [1.165, 1.54) is 5.56 Å². The van der Waals surface area contributed by atoms with Gasteiger partial charge in [-0.3, -0.25) is 0 Å². The number of benzene rings is 1. The van der Waals surface area contributed by atoms with Gasteiger partial charge in [0, 0.05) is 24.6 Å². The number of rotatable bonds is 4. The zero-order valence-corrected chi connectivity index (χ0v) is 8.90. The third kappa shape index (κ3) is 2.64. The van der Waals surface area contributed by atoms with Gasteiger partial charge in [-0.25, -0.2) is 0 Å². The van der Waals surface area contributed by atoms with E-state index < -0.39 is 0 Å². The topological polar surface area (TPSA) is 51.6 Å². The molecule has 0 spiro atoms. The summed E-state index contributed by atoms with van der Waals surface area (Å²) in [7, 11) is 0. The second-order valence-electron chi connectivity index (χ2n) is 3.60. The van der Waals surface area contributed by atoms with Gasteiger partial charge >= 0.3 is 0 Å². The van der Waals surface area contributed by atoms with Crippen LogP contribution in [0.15, 0.2) is 42.7 Å². The Labute approximate surface area is 94.7 Å². The second-order valence-corrected chi connectivity index (χ2v) is 3.60. The van der Waals surface area contributed by atoms with Crippen molar-refractivity contribution in [1.29, 1.82) is 5.26 Å². The van der Waals surface area contributed by atoms with Crippen LogP contribution in [0.5, 0.6) is 0 Å². The predicted molar refractivity (Wildman–Crippen MR) is 63.9 cm³/mol. The largest absolute Gasteiger partial charge is 0.381 e. The molecule has 0 atom stereocenters. The highest BCUT2D eigenvalue weighted by Gasteiger charge is 1.95.